The largest absolute Gasteiger partial charge is 0.352 e. The predicted molar refractivity (Wildman–Crippen MR) is 114 cm³/mol. The number of amides is 4. The topological polar surface area (TPSA) is 130 Å². The van der Waals surface area contributed by atoms with Crippen LogP contribution in [0.4, 0.5) is 4.79 Å². The van der Waals surface area contributed by atoms with Gasteiger partial charge in [-0.1, -0.05) is 34.6 Å². The lowest BCUT2D eigenvalue weighted by Gasteiger charge is -2.27. The number of carbonyl (C=O) groups excluding carboxylic acids is 4. The zero-order valence-electron chi connectivity index (χ0n) is 17.8. The van der Waals surface area contributed by atoms with Crippen molar-refractivity contribution < 1.29 is 19.2 Å². The van der Waals surface area contributed by atoms with Gasteiger partial charge < -0.3 is 26.5 Å². The highest BCUT2D eigenvalue weighted by Gasteiger charge is 2.27. The second kappa shape index (κ2) is 13.5. The third-order valence-electron chi connectivity index (χ3n) is 4.99. The van der Waals surface area contributed by atoms with Crippen LogP contribution in [0.5, 0.6) is 0 Å². The fourth-order valence-corrected chi connectivity index (χ4v) is 3.72. The number of hydrogen-bond acceptors (Lipinski definition) is 4. The summed E-state index contributed by atoms with van der Waals surface area (Å²) in [7, 11) is 0.492. The Morgan fingerprint density at radius 3 is 2.21 bits per heavy atom. The van der Waals surface area contributed by atoms with Gasteiger partial charge in [0.25, 0.3) is 0 Å². The van der Waals surface area contributed by atoms with Crippen LogP contribution in [0.2, 0.25) is 0 Å². The van der Waals surface area contributed by atoms with Crippen LogP contribution in [0, 0.1) is 5.92 Å². The first-order valence-electron chi connectivity index (χ1n) is 9.91. The van der Waals surface area contributed by atoms with Crippen molar-refractivity contribution in [1.29, 1.82) is 0 Å². The SMILES string of the molecule is CCC(C)(CC)PCC(=O)NC(C(=O)N[C@H](C=O)CCCNC(N)=O)C(C)C. The van der Waals surface area contributed by atoms with E-state index in [0.29, 0.717) is 40.4 Å². The molecular formula is C19H37N4O4P. The number of aldehydes is 1. The van der Waals surface area contributed by atoms with Crippen LogP contribution in [-0.2, 0) is 14.4 Å². The molecular weight excluding hydrogens is 379 g/mol. The molecule has 2 unspecified atom stereocenters. The van der Waals surface area contributed by atoms with Crippen molar-refractivity contribution in [2.24, 2.45) is 11.7 Å². The molecule has 0 aromatic rings. The molecule has 0 saturated carbocycles. The van der Waals surface area contributed by atoms with E-state index in [4.69, 9.17) is 5.73 Å². The molecule has 0 aliphatic carbocycles. The number of urea groups is 1. The summed E-state index contributed by atoms with van der Waals surface area (Å²) in [4.78, 5) is 46.8. The predicted octanol–water partition coefficient (Wildman–Crippen LogP) is 1.52. The lowest BCUT2D eigenvalue weighted by Crippen LogP contribution is -2.53. The smallest absolute Gasteiger partial charge is 0.312 e. The second-order valence-electron chi connectivity index (χ2n) is 7.59. The van der Waals surface area contributed by atoms with Crippen molar-refractivity contribution in [2.75, 3.05) is 12.7 Å². The molecule has 0 rings (SSSR count). The zero-order valence-corrected chi connectivity index (χ0v) is 18.8. The Labute approximate surface area is 170 Å². The molecule has 0 aromatic heterocycles. The highest BCUT2D eigenvalue weighted by atomic mass is 31.1. The van der Waals surface area contributed by atoms with Gasteiger partial charge in [0, 0.05) is 12.7 Å². The highest BCUT2D eigenvalue weighted by molar-refractivity contribution is 7.41. The maximum Gasteiger partial charge on any atom is 0.312 e. The average molecular weight is 417 g/mol. The normalized spacial score (nSPS) is 13.9. The van der Waals surface area contributed by atoms with Gasteiger partial charge in [-0.2, -0.15) is 0 Å². The Bertz CT molecular complexity index is 524. The third-order valence-corrected chi connectivity index (χ3v) is 7.04. The molecule has 0 radical (unpaired) electrons. The van der Waals surface area contributed by atoms with Crippen molar-refractivity contribution in [3.8, 4) is 0 Å². The zero-order chi connectivity index (χ0) is 21.7. The molecule has 0 saturated heterocycles. The van der Waals surface area contributed by atoms with E-state index in [1.165, 1.54) is 0 Å². The van der Waals surface area contributed by atoms with Crippen LogP contribution in [0.3, 0.4) is 0 Å². The van der Waals surface area contributed by atoms with Gasteiger partial charge in [-0.25, -0.2) is 4.79 Å². The first kappa shape index (κ1) is 26.3. The molecule has 3 atom stereocenters. The van der Waals surface area contributed by atoms with E-state index in [1.54, 1.807) is 0 Å². The van der Waals surface area contributed by atoms with E-state index >= 15 is 0 Å². The van der Waals surface area contributed by atoms with Gasteiger partial charge in [0.15, 0.2) is 0 Å². The van der Waals surface area contributed by atoms with Crippen LogP contribution >= 0.6 is 8.58 Å². The molecule has 9 heteroatoms. The molecule has 5 N–H and O–H groups in total. The summed E-state index contributed by atoms with van der Waals surface area (Å²) in [6.07, 6.45) is 3.95. The van der Waals surface area contributed by atoms with Crippen LogP contribution < -0.4 is 21.7 Å². The maximum atomic E-state index is 12.6. The van der Waals surface area contributed by atoms with E-state index in [0.717, 1.165) is 12.8 Å². The number of nitrogens with one attached hydrogen (secondary N) is 3. The van der Waals surface area contributed by atoms with Crippen LogP contribution in [0.1, 0.15) is 60.3 Å². The number of primary amides is 1. The molecule has 0 fully saturated rings. The molecule has 8 nitrogen and oxygen atoms in total. The van der Waals surface area contributed by atoms with Gasteiger partial charge in [0.05, 0.1) is 6.04 Å². The molecule has 0 aliphatic rings. The second-order valence-corrected chi connectivity index (χ2v) is 9.51. The monoisotopic (exact) mass is 416 g/mol. The highest BCUT2D eigenvalue weighted by Crippen LogP contribution is 2.37. The van der Waals surface area contributed by atoms with Crippen molar-refractivity contribution in [3.05, 3.63) is 0 Å². The van der Waals surface area contributed by atoms with Gasteiger partial charge in [0.1, 0.15) is 12.3 Å². The minimum absolute atomic E-state index is 0.111. The van der Waals surface area contributed by atoms with Crippen LogP contribution in [-0.4, -0.2) is 54.1 Å². The molecule has 0 aliphatic heterocycles. The Hall–Kier alpha value is -1.69. The van der Waals surface area contributed by atoms with E-state index in [2.05, 4.69) is 36.7 Å². The molecule has 28 heavy (non-hydrogen) atoms. The number of rotatable bonds is 14. The molecule has 0 aromatic carbocycles. The number of nitrogens with two attached hydrogens (primary N) is 1. The maximum absolute atomic E-state index is 12.6. The van der Waals surface area contributed by atoms with E-state index in [-0.39, 0.29) is 22.9 Å². The standard InChI is InChI=1S/C19H37N4O4P/c1-6-19(5,7-2)28-12-15(25)23-16(13(3)4)17(26)22-14(11-24)9-8-10-21-18(20)27/h11,13-14,16,28H,6-10,12H2,1-5H3,(H,22,26)(H,23,25)(H3,20,21,27)/t14-,16?/m0/s1. The lowest BCUT2D eigenvalue weighted by molar-refractivity contribution is -0.130. The first-order valence-corrected chi connectivity index (χ1v) is 11.1. The summed E-state index contributed by atoms with van der Waals surface area (Å²) >= 11 is 0. The van der Waals surface area contributed by atoms with E-state index < -0.39 is 18.1 Å². The average Bonchev–Trinajstić information content (AvgIpc) is 2.65. The summed E-state index contributed by atoms with van der Waals surface area (Å²) in [6.45, 7) is 10.4. The van der Waals surface area contributed by atoms with Gasteiger partial charge in [0.2, 0.25) is 11.8 Å². The summed E-state index contributed by atoms with van der Waals surface area (Å²) in [5.41, 5.74) is 4.98. The van der Waals surface area contributed by atoms with Gasteiger partial charge in [-0.05, 0) is 36.8 Å². The quantitative estimate of drug-likeness (QED) is 0.194. The minimum atomic E-state index is -0.696. The fraction of sp³-hybridized carbons (Fsp3) is 0.789. The number of carbonyl (C=O) groups is 4. The first-order chi connectivity index (χ1) is 13.1. The van der Waals surface area contributed by atoms with Gasteiger partial charge in [-0.15, -0.1) is 8.58 Å². The summed E-state index contributed by atoms with van der Waals surface area (Å²) in [5, 5.41) is 8.07. The molecule has 162 valence electrons. The number of hydrogen-bond donors (Lipinski definition) is 4. The van der Waals surface area contributed by atoms with Gasteiger partial charge >= 0.3 is 6.03 Å². The van der Waals surface area contributed by atoms with Crippen LogP contribution in [0.15, 0.2) is 0 Å². The fourth-order valence-electron chi connectivity index (χ4n) is 2.53. The minimum Gasteiger partial charge on any atom is -0.352 e. The van der Waals surface area contributed by atoms with Crippen molar-refractivity contribution in [3.63, 3.8) is 0 Å². The summed E-state index contributed by atoms with van der Waals surface area (Å²) in [5.74, 6) is -0.631. The van der Waals surface area contributed by atoms with Gasteiger partial charge in [-0.3, -0.25) is 9.59 Å². The Morgan fingerprint density at radius 2 is 1.75 bits per heavy atom. The Balaban J connectivity index is 4.66. The van der Waals surface area contributed by atoms with Crippen molar-refractivity contribution in [1.82, 2.24) is 16.0 Å². The van der Waals surface area contributed by atoms with Crippen molar-refractivity contribution >= 4 is 32.7 Å². The molecule has 0 spiro atoms. The molecule has 0 heterocycles. The van der Waals surface area contributed by atoms with E-state index in [9.17, 15) is 19.2 Å². The summed E-state index contributed by atoms with van der Waals surface area (Å²) in [6, 6.07) is -2.00. The summed E-state index contributed by atoms with van der Waals surface area (Å²) < 4.78 is 0. The van der Waals surface area contributed by atoms with Crippen molar-refractivity contribution in [2.45, 2.75) is 77.5 Å². The van der Waals surface area contributed by atoms with Crippen LogP contribution in [0.25, 0.3) is 0 Å². The van der Waals surface area contributed by atoms with E-state index in [1.807, 2.05) is 13.8 Å². The molecule has 0 bridgehead atoms. The molecule has 4 amide bonds. The Kier molecular flexibility index (Phi) is 12.7. The Morgan fingerprint density at radius 1 is 1.14 bits per heavy atom. The lowest BCUT2D eigenvalue weighted by atomic mass is 10.0. The third kappa shape index (κ3) is 10.6.